The molecule has 2 rings (SSSR count). The molecule has 5 nitrogen and oxygen atoms in total. The van der Waals surface area contributed by atoms with E-state index in [0.29, 0.717) is 6.02 Å². The SMILES string of the molecule is CC1=C(c2cccnc2)NC(=NC(C)(C)C)OC1C=O. The molecule has 0 aliphatic carbocycles. The second-order valence-electron chi connectivity index (χ2n) is 5.69. The smallest absolute Gasteiger partial charge is 0.290 e. The Morgan fingerprint density at radius 2 is 2.20 bits per heavy atom. The fourth-order valence-corrected chi connectivity index (χ4v) is 1.89. The monoisotopic (exact) mass is 273 g/mol. The van der Waals surface area contributed by atoms with Gasteiger partial charge >= 0.3 is 0 Å². The van der Waals surface area contributed by atoms with Gasteiger partial charge < -0.3 is 10.1 Å². The third-order valence-corrected chi connectivity index (χ3v) is 2.80. The first-order chi connectivity index (χ1) is 9.40. The molecule has 5 heteroatoms. The van der Waals surface area contributed by atoms with Crippen molar-refractivity contribution < 1.29 is 9.53 Å². The minimum Gasteiger partial charge on any atom is -0.449 e. The number of pyridine rings is 1. The molecule has 20 heavy (non-hydrogen) atoms. The first-order valence-electron chi connectivity index (χ1n) is 6.51. The number of amidine groups is 1. The highest BCUT2D eigenvalue weighted by Gasteiger charge is 2.26. The van der Waals surface area contributed by atoms with E-state index >= 15 is 0 Å². The molecular weight excluding hydrogens is 254 g/mol. The molecule has 0 amide bonds. The van der Waals surface area contributed by atoms with Crippen molar-refractivity contribution in [2.75, 3.05) is 0 Å². The van der Waals surface area contributed by atoms with Crippen LogP contribution in [0.1, 0.15) is 33.3 Å². The lowest BCUT2D eigenvalue weighted by molar-refractivity contribution is -0.113. The van der Waals surface area contributed by atoms with Gasteiger partial charge in [-0.15, -0.1) is 0 Å². The zero-order valence-electron chi connectivity index (χ0n) is 12.2. The van der Waals surface area contributed by atoms with Gasteiger partial charge in [-0.2, -0.15) is 0 Å². The summed E-state index contributed by atoms with van der Waals surface area (Å²) < 4.78 is 5.57. The number of carbonyl (C=O) groups is 1. The van der Waals surface area contributed by atoms with Gasteiger partial charge in [-0.3, -0.25) is 9.78 Å². The van der Waals surface area contributed by atoms with Crippen LogP contribution in [0.4, 0.5) is 0 Å². The number of ether oxygens (including phenoxy) is 1. The van der Waals surface area contributed by atoms with Crippen LogP contribution in [0.25, 0.3) is 5.70 Å². The van der Waals surface area contributed by atoms with E-state index in [9.17, 15) is 4.79 Å². The molecule has 0 aromatic carbocycles. The van der Waals surface area contributed by atoms with E-state index in [1.165, 1.54) is 0 Å². The van der Waals surface area contributed by atoms with Crippen molar-refractivity contribution in [3.8, 4) is 0 Å². The summed E-state index contributed by atoms with van der Waals surface area (Å²) in [5.74, 6) is 0. The molecule has 0 bridgehead atoms. The Bertz CT molecular complexity index is 556. The summed E-state index contributed by atoms with van der Waals surface area (Å²) in [4.78, 5) is 19.7. The maximum absolute atomic E-state index is 11.2. The van der Waals surface area contributed by atoms with E-state index in [4.69, 9.17) is 4.74 Å². The number of hydrogen-bond acceptors (Lipinski definition) is 4. The lowest BCUT2D eigenvalue weighted by Gasteiger charge is -2.28. The number of nitrogens with one attached hydrogen (secondary N) is 1. The van der Waals surface area contributed by atoms with E-state index < -0.39 is 6.10 Å². The van der Waals surface area contributed by atoms with Crippen LogP contribution >= 0.6 is 0 Å². The lowest BCUT2D eigenvalue weighted by atomic mass is 10.0. The van der Waals surface area contributed by atoms with Crippen LogP contribution in [0.3, 0.4) is 0 Å². The summed E-state index contributed by atoms with van der Waals surface area (Å²) in [5.41, 5.74) is 2.26. The number of carbonyl (C=O) groups excluding carboxylic acids is 1. The Morgan fingerprint density at radius 3 is 2.75 bits per heavy atom. The lowest BCUT2D eigenvalue weighted by Crippen LogP contribution is -2.39. The minimum atomic E-state index is -0.618. The average molecular weight is 273 g/mol. The quantitative estimate of drug-likeness (QED) is 0.839. The summed E-state index contributed by atoms with van der Waals surface area (Å²) in [6.45, 7) is 7.77. The Hall–Kier alpha value is -2.17. The third kappa shape index (κ3) is 3.23. The van der Waals surface area contributed by atoms with Gasteiger partial charge in [0.15, 0.2) is 12.4 Å². The number of aromatic nitrogens is 1. The number of aldehydes is 1. The van der Waals surface area contributed by atoms with E-state index in [1.807, 2.05) is 39.8 Å². The van der Waals surface area contributed by atoms with Gasteiger partial charge in [-0.05, 0) is 45.4 Å². The van der Waals surface area contributed by atoms with E-state index in [2.05, 4.69) is 15.3 Å². The number of rotatable bonds is 2. The number of hydrogen-bond donors (Lipinski definition) is 1. The van der Waals surface area contributed by atoms with Gasteiger partial charge in [0.25, 0.3) is 6.02 Å². The van der Waals surface area contributed by atoms with Crippen LogP contribution in [-0.2, 0) is 9.53 Å². The van der Waals surface area contributed by atoms with Gasteiger partial charge in [0.05, 0.1) is 11.2 Å². The normalized spacial score (nSPS) is 21.4. The Labute approximate surface area is 118 Å². The highest BCUT2D eigenvalue weighted by Crippen LogP contribution is 2.23. The van der Waals surface area contributed by atoms with Gasteiger partial charge in [-0.25, -0.2) is 4.99 Å². The molecule has 1 aromatic rings. The molecule has 1 aliphatic rings. The molecule has 0 fully saturated rings. The molecule has 1 atom stereocenters. The molecule has 0 spiro atoms. The molecule has 0 saturated carbocycles. The van der Waals surface area contributed by atoms with Crippen LogP contribution < -0.4 is 5.32 Å². The molecule has 1 aliphatic heterocycles. The van der Waals surface area contributed by atoms with Crippen molar-refractivity contribution in [1.29, 1.82) is 0 Å². The van der Waals surface area contributed by atoms with Crippen molar-refractivity contribution in [2.45, 2.75) is 39.3 Å². The molecular formula is C15H19N3O2. The molecule has 2 heterocycles. The summed E-state index contributed by atoms with van der Waals surface area (Å²) >= 11 is 0. The zero-order chi connectivity index (χ0) is 14.8. The molecule has 1 unspecified atom stereocenters. The topological polar surface area (TPSA) is 63.6 Å². The Balaban J connectivity index is 2.43. The fraction of sp³-hybridized carbons (Fsp3) is 0.400. The summed E-state index contributed by atoms with van der Waals surface area (Å²) in [6, 6.07) is 4.14. The molecule has 0 saturated heterocycles. The second-order valence-corrected chi connectivity index (χ2v) is 5.69. The van der Waals surface area contributed by atoms with Crippen LogP contribution in [0, 0.1) is 0 Å². The molecule has 106 valence electrons. The first-order valence-corrected chi connectivity index (χ1v) is 6.51. The summed E-state index contributed by atoms with van der Waals surface area (Å²) in [6.07, 6.45) is 3.62. The van der Waals surface area contributed by atoms with E-state index in [1.54, 1.807) is 12.4 Å². The van der Waals surface area contributed by atoms with Crippen molar-refractivity contribution in [3.63, 3.8) is 0 Å². The Kier molecular flexibility index (Phi) is 3.88. The summed E-state index contributed by atoms with van der Waals surface area (Å²) in [5, 5.41) is 3.15. The van der Waals surface area contributed by atoms with Crippen LogP contribution in [0.2, 0.25) is 0 Å². The maximum Gasteiger partial charge on any atom is 0.290 e. The zero-order valence-corrected chi connectivity index (χ0v) is 12.2. The van der Waals surface area contributed by atoms with E-state index in [-0.39, 0.29) is 5.54 Å². The molecule has 0 radical (unpaired) electrons. The minimum absolute atomic E-state index is 0.291. The van der Waals surface area contributed by atoms with Crippen LogP contribution in [-0.4, -0.2) is 28.9 Å². The number of nitrogens with zero attached hydrogens (tertiary/aromatic N) is 2. The molecule has 1 N–H and O–H groups in total. The molecule has 1 aromatic heterocycles. The largest absolute Gasteiger partial charge is 0.449 e. The van der Waals surface area contributed by atoms with Gasteiger partial charge in [-0.1, -0.05) is 0 Å². The van der Waals surface area contributed by atoms with Crippen molar-refractivity contribution in [3.05, 3.63) is 35.7 Å². The highest BCUT2D eigenvalue weighted by molar-refractivity contribution is 5.91. The van der Waals surface area contributed by atoms with Crippen LogP contribution in [0.15, 0.2) is 35.1 Å². The van der Waals surface area contributed by atoms with Gasteiger partial charge in [0.1, 0.15) is 0 Å². The Morgan fingerprint density at radius 1 is 1.45 bits per heavy atom. The number of aliphatic imine (C=N–C) groups is 1. The predicted octanol–water partition coefficient (Wildman–Crippen LogP) is 2.15. The first kappa shape index (κ1) is 14.2. The second kappa shape index (κ2) is 5.45. The van der Waals surface area contributed by atoms with Gasteiger partial charge in [0, 0.05) is 18.0 Å². The average Bonchev–Trinajstić information content (AvgIpc) is 2.40. The third-order valence-electron chi connectivity index (χ3n) is 2.80. The van der Waals surface area contributed by atoms with E-state index in [0.717, 1.165) is 23.1 Å². The summed E-state index contributed by atoms with van der Waals surface area (Å²) in [7, 11) is 0. The van der Waals surface area contributed by atoms with Crippen LogP contribution in [0.5, 0.6) is 0 Å². The van der Waals surface area contributed by atoms with Gasteiger partial charge in [0.2, 0.25) is 0 Å². The predicted molar refractivity (Wildman–Crippen MR) is 78.1 cm³/mol. The highest BCUT2D eigenvalue weighted by atomic mass is 16.5. The standard InChI is InChI=1S/C15H19N3O2/c1-10-12(9-19)20-14(18-15(2,3)4)17-13(10)11-6-5-7-16-8-11/h5-9,12H,1-4H3,(H,17,18). The fourth-order valence-electron chi connectivity index (χ4n) is 1.89. The van der Waals surface area contributed by atoms with Crippen molar-refractivity contribution in [2.24, 2.45) is 4.99 Å². The van der Waals surface area contributed by atoms with Crippen molar-refractivity contribution in [1.82, 2.24) is 10.3 Å². The maximum atomic E-state index is 11.2. The van der Waals surface area contributed by atoms with Crippen molar-refractivity contribution >= 4 is 18.0 Å².